The molecule has 0 radical (unpaired) electrons. The van der Waals surface area contributed by atoms with Crippen molar-refractivity contribution < 1.29 is 4.42 Å². The molecule has 1 heterocycles. The van der Waals surface area contributed by atoms with E-state index in [0.29, 0.717) is 22.5 Å². The molecule has 2 aliphatic carbocycles. The summed E-state index contributed by atoms with van der Waals surface area (Å²) in [4.78, 5) is 0. The van der Waals surface area contributed by atoms with Crippen LogP contribution in [0.1, 0.15) is 0 Å². The highest BCUT2D eigenvalue weighted by molar-refractivity contribution is 6.06. The van der Waals surface area contributed by atoms with Crippen molar-refractivity contribution in [2.75, 3.05) is 0 Å². The minimum absolute atomic E-state index is 0.375. The van der Waals surface area contributed by atoms with E-state index in [1.807, 2.05) is 36.5 Å². The van der Waals surface area contributed by atoms with Crippen molar-refractivity contribution in [2.45, 2.75) is 0 Å². The zero-order chi connectivity index (χ0) is 18.9. The number of nitrogens with zero attached hydrogens (tertiary/aromatic N) is 7. The average Bonchev–Trinajstić information content (AvgIpc) is 3.15. The largest absolute Gasteiger partial charge is 0.417 e. The van der Waals surface area contributed by atoms with Gasteiger partial charge in [0.25, 0.3) is 5.39 Å². The Morgan fingerprint density at radius 1 is 0.815 bits per heavy atom. The summed E-state index contributed by atoms with van der Waals surface area (Å²) in [7, 11) is 0. The van der Waals surface area contributed by atoms with Gasteiger partial charge in [-0.1, -0.05) is 29.5 Å². The number of rotatable bonds is 3. The maximum absolute atomic E-state index is 8.39. The van der Waals surface area contributed by atoms with E-state index in [2.05, 4.69) is 30.7 Å². The van der Waals surface area contributed by atoms with Crippen molar-refractivity contribution in [3.63, 3.8) is 0 Å². The van der Waals surface area contributed by atoms with Crippen LogP contribution < -0.4 is 11.1 Å². The molecule has 27 heavy (non-hydrogen) atoms. The highest BCUT2D eigenvalue weighted by Gasteiger charge is 2.01. The van der Waals surface area contributed by atoms with Crippen LogP contribution in [0, 0.1) is 10.9 Å². The first-order chi connectivity index (χ1) is 13.3. The predicted octanol–water partition coefficient (Wildman–Crippen LogP) is 2.33. The summed E-state index contributed by atoms with van der Waals surface area (Å²) in [5.74, 6) is 0. The number of aromatic nitrogens is 2. The normalized spacial score (nSPS) is 16.6. The Morgan fingerprint density at radius 2 is 1.33 bits per heavy atom. The Hall–Kier alpha value is -4.32. The Bertz CT molecular complexity index is 1110. The Morgan fingerprint density at radius 3 is 1.81 bits per heavy atom. The zero-order valence-electron chi connectivity index (χ0n) is 14.0. The maximum Gasteiger partial charge on any atom is 0.339 e. The molecular weight excluding hydrogens is 344 g/mol. The molecule has 3 rings (SSSR count). The lowest BCUT2D eigenvalue weighted by atomic mass is 10.1. The minimum Gasteiger partial charge on any atom is -0.417 e. The molecular formula is C18H13N8O+. The van der Waals surface area contributed by atoms with E-state index >= 15 is 0 Å². The third-order valence-corrected chi connectivity index (χ3v) is 3.40. The van der Waals surface area contributed by atoms with Crippen molar-refractivity contribution >= 4 is 23.6 Å². The lowest BCUT2D eigenvalue weighted by Gasteiger charge is -1.98. The average molecular weight is 357 g/mol. The number of hydrogen-bond donors (Lipinski definition) is 1. The van der Waals surface area contributed by atoms with Crippen LogP contribution in [0.3, 0.4) is 0 Å². The maximum atomic E-state index is 8.39. The molecule has 2 aliphatic rings. The van der Waals surface area contributed by atoms with E-state index in [-0.39, 0.29) is 0 Å². The Balaban J connectivity index is 1.72. The topological polar surface area (TPSA) is 128 Å². The van der Waals surface area contributed by atoms with Gasteiger partial charge in [-0.3, -0.25) is 0 Å². The van der Waals surface area contributed by atoms with Crippen molar-refractivity contribution in [3.05, 3.63) is 88.1 Å². The summed E-state index contributed by atoms with van der Waals surface area (Å²) in [5.41, 5.74) is 10.4. The summed E-state index contributed by atoms with van der Waals surface area (Å²) in [6.07, 6.45) is 21.3. The molecule has 0 saturated heterocycles. The van der Waals surface area contributed by atoms with Crippen molar-refractivity contribution in [1.82, 2.24) is 10.2 Å². The van der Waals surface area contributed by atoms with Crippen LogP contribution in [0.2, 0.25) is 0 Å². The van der Waals surface area contributed by atoms with Gasteiger partial charge in [-0.15, -0.1) is 15.3 Å². The fourth-order valence-electron chi connectivity index (χ4n) is 2.13. The molecule has 0 amide bonds. The Labute approximate surface area is 153 Å². The van der Waals surface area contributed by atoms with Crippen molar-refractivity contribution in [3.8, 4) is 0 Å². The molecule has 9 nitrogen and oxygen atoms in total. The van der Waals surface area contributed by atoms with Gasteiger partial charge in [0, 0.05) is 12.2 Å². The number of diazo groups is 1. The van der Waals surface area contributed by atoms with E-state index in [1.54, 1.807) is 36.5 Å². The third kappa shape index (κ3) is 5.07. The van der Waals surface area contributed by atoms with Crippen molar-refractivity contribution in [1.29, 1.82) is 10.9 Å². The molecule has 0 unspecified atom stereocenters. The molecule has 1 N–H and O–H groups in total. The van der Waals surface area contributed by atoms with Crippen LogP contribution in [-0.4, -0.2) is 21.6 Å². The molecule has 0 aliphatic heterocycles. The highest BCUT2D eigenvalue weighted by Crippen LogP contribution is 2.08. The first kappa shape index (κ1) is 17.5. The van der Waals surface area contributed by atoms with Gasteiger partial charge in [-0.2, -0.15) is 5.53 Å². The molecule has 130 valence electrons. The molecule has 0 fully saturated rings. The molecule has 0 spiro atoms. The molecule has 0 saturated carbocycles. The second kappa shape index (κ2) is 8.68. The summed E-state index contributed by atoms with van der Waals surface area (Å²) in [5, 5.41) is 29.2. The first-order valence-electron chi connectivity index (χ1n) is 7.79. The van der Waals surface area contributed by atoms with Gasteiger partial charge in [0.15, 0.2) is 10.8 Å². The SMILES string of the molecule is N#[N+]N=C1C=CC(=CC=c2nnc(=CC=C3C=CC(=NN=N)C=C3)o2)C=C1. The summed E-state index contributed by atoms with van der Waals surface area (Å²) in [6, 6.07) is 0. The van der Waals surface area contributed by atoms with Crippen LogP contribution in [0.5, 0.6) is 0 Å². The van der Waals surface area contributed by atoms with Gasteiger partial charge in [0.2, 0.25) is 11.1 Å². The van der Waals surface area contributed by atoms with E-state index in [0.717, 1.165) is 11.1 Å². The second-order valence-electron chi connectivity index (χ2n) is 5.22. The summed E-state index contributed by atoms with van der Waals surface area (Å²) < 4.78 is 5.53. The Kier molecular flexibility index (Phi) is 5.63. The number of allylic oxidation sites excluding steroid dienone is 12. The van der Waals surface area contributed by atoms with Crippen LogP contribution in [0.25, 0.3) is 17.2 Å². The van der Waals surface area contributed by atoms with Crippen LogP contribution >= 0.6 is 0 Å². The van der Waals surface area contributed by atoms with Crippen LogP contribution in [-0.2, 0) is 0 Å². The van der Waals surface area contributed by atoms with Crippen LogP contribution in [0.15, 0.2) is 91.7 Å². The summed E-state index contributed by atoms with van der Waals surface area (Å²) in [6.45, 7) is 0. The fraction of sp³-hybridized carbons (Fsp3) is 0. The summed E-state index contributed by atoms with van der Waals surface area (Å²) >= 11 is 0. The van der Waals surface area contributed by atoms with E-state index < -0.39 is 0 Å². The van der Waals surface area contributed by atoms with E-state index in [1.165, 1.54) is 0 Å². The molecule has 1 aromatic rings. The van der Waals surface area contributed by atoms with Gasteiger partial charge < -0.3 is 4.42 Å². The van der Waals surface area contributed by atoms with Gasteiger partial charge >= 0.3 is 5.08 Å². The molecule has 0 bridgehead atoms. The standard InChI is InChI=1S/C18H13N8O/c19-25-21-15-7-1-13(2-8-15)5-11-17-23-24-18(27-17)12-6-14-3-9-16(10-4-14)22-26-20/h1-12,19H/q+1. The minimum atomic E-state index is 0.375. The molecule has 1 aromatic heterocycles. The quantitative estimate of drug-likeness (QED) is 0.505. The van der Waals surface area contributed by atoms with E-state index in [4.69, 9.17) is 15.3 Å². The van der Waals surface area contributed by atoms with Gasteiger partial charge in [0.05, 0.1) is 5.71 Å². The second-order valence-corrected chi connectivity index (χ2v) is 5.22. The zero-order valence-corrected chi connectivity index (χ0v) is 14.0. The number of hydrogen-bond acceptors (Lipinski definition) is 7. The molecule has 9 heteroatoms. The monoisotopic (exact) mass is 357 g/mol. The molecule has 0 aromatic carbocycles. The smallest absolute Gasteiger partial charge is 0.339 e. The molecule has 0 atom stereocenters. The van der Waals surface area contributed by atoms with Crippen molar-refractivity contribution in [2.24, 2.45) is 15.4 Å². The lowest BCUT2D eigenvalue weighted by molar-refractivity contribution is 0.486. The third-order valence-electron chi connectivity index (χ3n) is 3.40. The van der Waals surface area contributed by atoms with Gasteiger partial charge in [-0.25, -0.2) is 0 Å². The van der Waals surface area contributed by atoms with Crippen LogP contribution in [0.4, 0.5) is 0 Å². The van der Waals surface area contributed by atoms with E-state index in [9.17, 15) is 0 Å². The fourth-order valence-corrected chi connectivity index (χ4v) is 2.13. The lowest BCUT2D eigenvalue weighted by Crippen LogP contribution is -2.01. The predicted molar refractivity (Wildman–Crippen MR) is 100 cm³/mol. The highest BCUT2D eigenvalue weighted by atomic mass is 16.4. The van der Waals surface area contributed by atoms with Gasteiger partial charge in [-0.05, 0) is 47.6 Å². The first-order valence-corrected chi connectivity index (χ1v) is 7.79. The number of nitrogens with one attached hydrogen (secondary N) is 1. The van der Waals surface area contributed by atoms with Gasteiger partial charge in [0.1, 0.15) is 0 Å².